The maximum atomic E-state index is 11.9. The highest BCUT2D eigenvalue weighted by atomic mass is 32.1. The van der Waals surface area contributed by atoms with Gasteiger partial charge >= 0.3 is 0 Å². The zero-order valence-corrected chi connectivity index (χ0v) is 12.2. The fraction of sp³-hybridized carbons (Fsp3) is 0.600. The summed E-state index contributed by atoms with van der Waals surface area (Å²) in [5, 5.41) is 1.92. The molecular formula is C15H21NO2S. The molecule has 1 aromatic rings. The van der Waals surface area contributed by atoms with Crippen molar-refractivity contribution in [2.24, 2.45) is 5.92 Å². The SMILES string of the molecule is CC1CCC(=O)N(CCCC(=O)c2cccs2)CC1. The van der Waals surface area contributed by atoms with Crippen LogP contribution in [-0.4, -0.2) is 29.7 Å². The van der Waals surface area contributed by atoms with Gasteiger partial charge in [-0.05, 0) is 36.6 Å². The van der Waals surface area contributed by atoms with Crippen LogP contribution < -0.4 is 0 Å². The molecule has 19 heavy (non-hydrogen) atoms. The molecule has 0 radical (unpaired) electrons. The Hall–Kier alpha value is -1.16. The largest absolute Gasteiger partial charge is 0.343 e. The van der Waals surface area contributed by atoms with E-state index < -0.39 is 0 Å². The van der Waals surface area contributed by atoms with Crippen LogP contribution in [0.1, 0.15) is 48.7 Å². The topological polar surface area (TPSA) is 37.4 Å². The first kappa shape index (κ1) is 14.3. The molecule has 2 rings (SSSR count). The van der Waals surface area contributed by atoms with E-state index in [1.54, 1.807) is 0 Å². The van der Waals surface area contributed by atoms with Gasteiger partial charge < -0.3 is 4.90 Å². The third-order valence-corrected chi connectivity index (χ3v) is 4.63. The first-order chi connectivity index (χ1) is 9.16. The van der Waals surface area contributed by atoms with E-state index in [4.69, 9.17) is 0 Å². The third kappa shape index (κ3) is 4.16. The van der Waals surface area contributed by atoms with Gasteiger partial charge in [0.25, 0.3) is 0 Å². The molecule has 0 spiro atoms. The van der Waals surface area contributed by atoms with Gasteiger partial charge in [0.2, 0.25) is 5.91 Å². The van der Waals surface area contributed by atoms with Gasteiger partial charge in [-0.2, -0.15) is 0 Å². The minimum Gasteiger partial charge on any atom is -0.343 e. The van der Waals surface area contributed by atoms with Crippen LogP contribution in [0.5, 0.6) is 0 Å². The number of nitrogens with zero attached hydrogens (tertiary/aromatic N) is 1. The van der Waals surface area contributed by atoms with Gasteiger partial charge in [-0.3, -0.25) is 9.59 Å². The average Bonchev–Trinajstić information content (AvgIpc) is 2.88. The number of ketones is 1. The van der Waals surface area contributed by atoms with Crippen molar-refractivity contribution in [2.45, 2.75) is 39.0 Å². The molecule has 1 aromatic heterocycles. The van der Waals surface area contributed by atoms with Crippen molar-refractivity contribution < 1.29 is 9.59 Å². The Kier molecular flexibility index (Phi) is 5.14. The summed E-state index contributed by atoms with van der Waals surface area (Å²) in [4.78, 5) is 26.5. The highest BCUT2D eigenvalue weighted by Gasteiger charge is 2.20. The molecule has 1 unspecified atom stereocenters. The van der Waals surface area contributed by atoms with Gasteiger partial charge in [0.05, 0.1) is 4.88 Å². The number of hydrogen-bond acceptors (Lipinski definition) is 3. The number of Topliss-reactive ketones (excluding diaryl/α,β-unsaturated/α-hetero) is 1. The number of hydrogen-bond donors (Lipinski definition) is 0. The monoisotopic (exact) mass is 279 g/mol. The summed E-state index contributed by atoms with van der Waals surface area (Å²) in [6, 6.07) is 3.77. The Morgan fingerprint density at radius 1 is 1.47 bits per heavy atom. The van der Waals surface area contributed by atoms with E-state index in [9.17, 15) is 9.59 Å². The zero-order valence-electron chi connectivity index (χ0n) is 11.4. The van der Waals surface area contributed by atoms with Crippen molar-refractivity contribution in [3.63, 3.8) is 0 Å². The molecule has 0 aliphatic carbocycles. The molecule has 0 bridgehead atoms. The van der Waals surface area contributed by atoms with Crippen molar-refractivity contribution in [1.82, 2.24) is 4.90 Å². The summed E-state index contributed by atoms with van der Waals surface area (Å²) in [7, 11) is 0. The molecule has 1 aliphatic rings. The first-order valence-electron chi connectivity index (χ1n) is 7.01. The highest BCUT2D eigenvalue weighted by molar-refractivity contribution is 7.12. The first-order valence-corrected chi connectivity index (χ1v) is 7.89. The second-order valence-corrected chi connectivity index (χ2v) is 6.27. The highest BCUT2D eigenvalue weighted by Crippen LogP contribution is 2.18. The number of carbonyl (C=O) groups is 2. The van der Waals surface area contributed by atoms with Crippen molar-refractivity contribution in [3.05, 3.63) is 22.4 Å². The molecule has 3 nitrogen and oxygen atoms in total. The summed E-state index contributed by atoms with van der Waals surface area (Å²) in [5.74, 6) is 1.10. The lowest BCUT2D eigenvalue weighted by Gasteiger charge is -2.20. The molecule has 1 atom stereocenters. The summed E-state index contributed by atoms with van der Waals surface area (Å²) < 4.78 is 0. The fourth-order valence-electron chi connectivity index (χ4n) is 2.40. The molecule has 1 fully saturated rings. The molecule has 1 aliphatic heterocycles. The molecule has 0 saturated carbocycles. The van der Waals surface area contributed by atoms with E-state index in [1.165, 1.54) is 11.3 Å². The Labute approximate surface area is 118 Å². The molecule has 4 heteroatoms. The summed E-state index contributed by atoms with van der Waals surface area (Å²) >= 11 is 1.49. The summed E-state index contributed by atoms with van der Waals surface area (Å²) in [5.41, 5.74) is 0. The van der Waals surface area contributed by atoms with Crippen LogP contribution in [0, 0.1) is 5.92 Å². The van der Waals surface area contributed by atoms with Crippen LogP contribution in [0.4, 0.5) is 0 Å². The van der Waals surface area contributed by atoms with E-state index in [-0.39, 0.29) is 11.7 Å². The minimum atomic E-state index is 0.200. The Morgan fingerprint density at radius 2 is 2.32 bits per heavy atom. The Balaban J connectivity index is 1.75. The van der Waals surface area contributed by atoms with Crippen LogP contribution in [0.15, 0.2) is 17.5 Å². The predicted octanol–water partition coefficient (Wildman–Crippen LogP) is 3.36. The summed E-state index contributed by atoms with van der Waals surface area (Å²) in [6.45, 7) is 3.78. The fourth-order valence-corrected chi connectivity index (χ4v) is 3.10. The van der Waals surface area contributed by atoms with Gasteiger partial charge in [0.15, 0.2) is 5.78 Å². The lowest BCUT2D eigenvalue weighted by molar-refractivity contribution is -0.130. The lowest BCUT2D eigenvalue weighted by atomic mass is 10.0. The van der Waals surface area contributed by atoms with Crippen molar-refractivity contribution in [2.75, 3.05) is 13.1 Å². The van der Waals surface area contributed by atoms with Crippen molar-refractivity contribution in [1.29, 1.82) is 0 Å². The van der Waals surface area contributed by atoms with E-state index in [0.717, 1.165) is 37.2 Å². The second-order valence-electron chi connectivity index (χ2n) is 5.32. The normalized spacial score (nSPS) is 20.4. The second kappa shape index (κ2) is 6.85. The Morgan fingerprint density at radius 3 is 3.05 bits per heavy atom. The predicted molar refractivity (Wildman–Crippen MR) is 77.5 cm³/mol. The maximum Gasteiger partial charge on any atom is 0.222 e. The molecule has 0 aromatic carbocycles. The number of carbonyl (C=O) groups excluding carboxylic acids is 2. The van der Waals surface area contributed by atoms with Gasteiger partial charge in [-0.1, -0.05) is 13.0 Å². The molecular weight excluding hydrogens is 258 g/mol. The number of likely N-dealkylation sites (tertiary alicyclic amines) is 1. The average molecular weight is 279 g/mol. The molecule has 2 heterocycles. The van der Waals surface area contributed by atoms with Crippen LogP contribution >= 0.6 is 11.3 Å². The van der Waals surface area contributed by atoms with E-state index in [2.05, 4.69) is 6.92 Å². The van der Waals surface area contributed by atoms with Crippen LogP contribution in [0.3, 0.4) is 0 Å². The van der Waals surface area contributed by atoms with Crippen molar-refractivity contribution >= 4 is 23.0 Å². The molecule has 104 valence electrons. The van der Waals surface area contributed by atoms with Gasteiger partial charge in [0, 0.05) is 25.9 Å². The van der Waals surface area contributed by atoms with Gasteiger partial charge in [0.1, 0.15) is 0 Å². The van der Waals surface area contributed by atoms with Gasteiger partial charge in [-0.15, -0.1) is 11.3 Å². The van der Waals surface area contributed by atoms with Gasteiger partial charge in [-0.25, -0.2) is 0 Å². The van der Waals surface area contributed by atoms with E-state index >= 15 is 0 Å². The molecule has 1 amide bonds. The van der Waals surface area contributed by atoms with Crippen LogP contribution in [0.2, 0.25) is 0 Å². The summed E-state index contributed by atoms with van der Waals surface area (Å²) in [6.07, 6.45) is 4.07. The van der Waals surface area contributed by atoms with Crippen LogP contribution in [-0.2, 0) is 4.79 Å². The third-order valence-electron chi connectivity index (χ3n) is 3.72. The Bertz CT molecular complexity index is 427. The number of rotatable bonds is 5. The van der Waals surface area contributed by atoms with E-state index in [1.807, 2.05) is 22.4 Å². The number of thiophene rings is 1. The molecule has 0 N–H and O–H groups in total. The van der Waals surface area contributed by atoms with E-state index in [0.29, 0.717) is 18.8 Å². The molecule has 1 saturated heterocycles. The smallest absolute Gasteiger partial charge is 0.222 e. The van der Waals surface area contributed by atoms with Crippen molar-refractivity contribution in [3.8, 4) is 0 Å². The standard InChI is InChI=1S/C15H21NO2S/c1-12-6-7-15(18)16(10-8-12)9-2-4-13(17)14-5-3-11-19-14/h3,5,11-12H,2,4,6-10H2,1H3. The van der Waals surface area contributed by atoms with Crippen LogP contribution in [0.25, 0.3) is 0 Å². The zero-order chi connectivity index (χ0) is 13.7. The lowest BCUT2D eigenvalue weighted by Crippen LogP contribution is -2.31. The quantitative estimate of drug-likeness (QED) is 0.775. The maximum absolute atomic E-state index is 11.9. The number of amides is 1. The minimum absolute atomic E-state index is 0.200.